The molecule has 0 amide bonds. The van der Waals surface area contributed by atoms with Gasteiger partial charge in [-0.1, -0.05) is 0 Å². The summed E-state index contributed by atoms with van der Waals surface area (Å²) in [7, 11) is 3.96. The van der Waals surface area contributed by atoms with E-state index in [1.54, 1.807) is 6.08 Å². The van der Waals surface area contributed by atoms with Gasteiger partial charge in [0.15, 0.2) is 5.78 Å². The lowest BCUT2D eigenvalue weighted by Crippen LogP contribution is -2.32. The minimum Gasteiger partial charge on any atom is -0.378 e. The SMILES string of the molecule is CN(C)c1ccc(C(=O)/C=C/N2CCOCC2)cc1. The molecule has 4 nitrogen and oxygen atoms in total. The molecule has 0 aliphatic carbocycles. The number of rotatable bonds is 4. The fourth-order valence-corrected chi connectivity index (χ4v) is 1.92. The van der Waals surface area contributed by atoms with E-state index < -0.39 is 0 Å². The number of nitrogens with zero attached hydrogens (tertiary/aromatic N) is 2. The predicted molar refractivity (Wildman–Crippen MR) is 76.6 cm³/mol. The molecule has 0 saturated carbocycles. The zero-order valence-electron chi connectivity index (χ0n) is 11.5. The van der Waals surface area contributed by atoms with Crippen LogP contribution in [0.3, 0.4) is 0 Å². The van der Waals surface area contributed by atoms with E-state index in [0.29, 0.717) is 0 Å². The summed E-state index contributed by atoms with van der Waals surface area (Å²) in [4.78, 5) is 16.1. The van der Waals surface area contributed by atoms with Crippen LogP contribution in [-0.2, 0) is 4.74 Å². The van der Waals surface area contributed by atoms with Crippen molar-refractivity contribution in [1.82, 2.24) is 4.90 Å². The van der Waals surface area contributed by atoms with Crippen molar-refractivity contribution < 1.29 is 9.53 Å². The van der Waals surface area contributed by atoms with Gasteiger partial charge in [-0.2, -0.15) is 0 Å². The van der Waals surface area contributed by atoms with Gasteiger partial charge in [-0.05, 0) is 24.3 Å². The van der Waals surface area contributed by atoms with Crippen molar-refractivity contribution in [2.24, 2.45) is 0 Å². The highest BCUT2D eigenvalue weighted by molar-refractivity contribution is 6.04. The van der Waals surface area contributed by atoms with Crippen LogP contribution in [0.1, 0.15) is 10.4 Å². The molecule has 1 fully saturated rings. The fraction of sp³-hybridized carbons (Fsp3) is 0.400. The normalized spacial score (nSPS) is 15.8. The zero-order valence-corrected chi connectivity index (χ0v) is 11.5. The van der Waals surface area contributed by atoms with E-state index in [-0.39, 0.29) is 5.78 Å². The van der Waals surface area contributed by atoms with Crippen molar-refractivity contribution in [1.29, 1.82) is 0 Å². The summed E-state index contributed by atoms with van der Waals surface area (Å²) in [6.07, 6.45) is 3.50. The van der Waals surface area contributed by atoms with Gasteiger partial charge in [0.2, 0.25) is 0 Å². The van der Waals surface area contributed by atoms with Crippen molar-refractivity contribution in [2.75, 3.05) is 45.3 Å². The molecule has 1 aliphatic heterocycles. The van der Waals surface area contributed by atoms with Crippen molar-refractivity contribution in [3.63, 3.8) is 0 Å². The topological polar surface area (TPSA) is 32.8 Å². The highest BCUT2D eigenvalue weighted by Crippen LogP contribution is 2.13. The molecule has 4 heteroatoms. The van der Waals surface area contributed by atoms with E-state index in [9.17, 15) is 4.79 Å². The van der Waals surface area contributed by atoms with Crippen LogP contribution in [0.4, 0.5) is 5.69 Å². The van der Waals surface area contributed by atoms with Crippen molar-refractivity contribution in [3.8, 4) is 0 Å². The number of hydrogen-bond acceptors (Lipinski definition) is 4. The molecule has 0 aromatic heterocycles. The minimum atomic E-state index is 0.0387. The maximum absolute atomic E-state index is 12.0. The summed E-state index contributed by atoms with van der Waals surface area (Å²) in [5.74, 6) is 0.0387. The van der Waals surface area contributed by atoms with Crippen LogP contribution in [0.5, 0.6) is 0 Å². The van der Waals surface area contributed by atoms with E-state index in [1.165, 1.54) is 0 Å². The summed E-state index contributed by atoms with van der Waals surface area (Å²) in [6, 6.07) is 7.63. The van der Waals surface area contributed by atoms with Crippen LogP contribution in [0, 0.1) is 0 Å². The molecule has 19 heavy (non-hydrogen) atoms. The molecule has 0 bridgehead atoms. The van der Waals surface area contributed by atoms with Gasteiger partial charge in [-0.3, -0.25) is 4.79 Å². The standard InChI is InChI=1S/C15H20N2O2/c1-16(2)14-5-3-13(4-6-14)15(18)7-8-17-9-11-19-12-10-17/h3-8H,9-12H2,1-2H3/b8-7+. The van der Waals surface area contributed by atoms with Crippen LogP contribution in [0.25, 0.3) is 0 Å². The third-order valence-electron chi connectivity index (χ3n) is 3.15. The average molecular weight is 260 g/mol. The third-order valence-corrected chi connectivity index (χ3v) is 3.15. The van der Waals surface area contributed by atoms with Crippen LogP contribution in [-0.4, -0.2) is 51.1 Å². The number of ketones is 1. The lowest BCUT2D eigenvalue weighted by atomic mass is 10.1. The highest BCUT2D eigenvalue weighted by atomic mass is 16.5. The van der Waals surface area contributed by atoms with Crippen molar-refractivity contribution >= 4 is 11.5 Å². The Morgan fingerprint density at radius 3 is 2.42 bits per heavy atom. The lowest BCUT2D eigenvalue weighted by molar-refractivity contribution is 0.0591. The first-order chi connectivity index (χ1) is 9.16. The molecule has 0 spiro atoms. The molecule has 1 aliphatic rings. The number of morpholine rings is 1. The number of ether oxygens (including phenoxy) is 1. The summed E-state index contributed by atoms with van der Waals surface area (Å²) in [5, 5.41) is 0. The second kappa shape index (κ2) is 6.38. The summed E-state index contributed by atoms with van der Waals surface area (Å²) < 4.78 is 5.26. The molecule has 1 aromatic carbocycles. The van der Waals surface area contributed by atoms with Gasteiger partial charge < -0.3 is 14.5 Å². The van der Waals surface area contributed by atoms with Gasteiger partial charge in [0.1, 0.15) is 0 Å². The maximum atomic E-state index is 12.0. The number of benzene rings is 1. The number of allylic oxidation sites excluding steroid dienone is 1. The quantitative estimate of drug-likeness (QED) is 0.610. The second-order valence-corrected chi connectivity index (χ2v) is 4.77. The molecule has 1 heterocycles. The van der Waals surface area contributed by atoms with Gasteiger partial charge in [0, 0.05) is 50.7 Å². The van der Waals surface area contributed by atoms with Gasteiger partial charge in [-0.25, -0.2) is 0 Å². The molecule has 0 radical (unpaired) electrons. The Kier molecular flexibility index (Phi) is 4.58. The first-order valence-corrected chi connectivity index (χ1v) is 6.48. The Balaban J connectivity index is 1.97. The first-order valence-electron chi connectivity index (χ1n) is 6.48. The van der Waals surface area contributed by atoms with Crippen molar-refractivity contribution in [3.05, 3.63) is 42.1 Å². The molecule has 0 N–H and O–H groups in total. The van der Waals surface area contributed by atoms with Crippen LogP contribution in [0.15, 0.2) is 36.5 Å². The monoisotopic (exact) mass is 260 g/mol. The van der Waals surface area contributed by atoms with Gasteiger partial charge in [0.05, 0.1) is 13.2 Å². The number of hydrogen-bond donors (Lipinski definition) is 0. The van der Waals surface area contributed by atoms with Gasteiger partial charge >= 0.3 is 0 Å². The van der Waals surface area contributed by atoms with E-state index in [4.69, 9.17) is 4.74 Å². The van der Waals surface area contributed by atoms with Gasteiger partial charge in [-0.15, -0.1) is 0 Å². The maximum Gasteiger partial charge on any atom is 0.187 e. The Labute approximate surface area is 114 Å². The first kappa shape index (κ1) is 13.6. The Bertz CT molecular complexity index is 446. The Morgan fingerprint density at radius 2 is 1.84 bits per heavy atom. The Hall–Kier alpha value is -1.81. The molecule has 0 unspecified atom stereocenters. The highest BCUT2D eigenvalue weighted by Gasteiger charge is 2.07. The number of carbonyl (C=O) groups is 1. The largest absolute Gasteiger partial charge is 0.378 e. The molecule has 1 aromatic rings. The third kappa shape index (κ3) is 3.83. The van der Waals surface area contributed by atoms with E-state index in [0.717, 1.165) is 37.6 Å². The zero-order chi connectivity index (χ0) is 13.7. The predicted octanol–water partition coefficient (Wildman–Crippen LogP) is 1.78. The minimum absolute atomic E-state index is 0.0387. The average Bonchev–Trinajstić information content (AvgIpc) is 2.46. The molecular formula is C15H20N2O2. The molecule has 0 atom stereocenters. The second-order valence-electron chi connectivity index (χ2n) is 4.77. The molecule has 102 valence electrons. The molecular weight excluding hydrogens is 240 g/mol. The fourth-order valence-electron chi connectivity index (χ4n) is 1.92. The van der Waals surface area contributed by atoms with Gasteiger partial charge in [0.25, 0.3) is 0 Å². The van der Waals surface area contributed by atoms with Crippen LogP contribution in [0.2, 0.25) is 0 Å². The molecule has 2 rings (SSSR count). The van der Waals surface area contributed by atoms with E-state index in [2.05, 4.69) is 4.90 Å². The van der Waals surface area contributed by atoms with E-state index in [1.807, 2.05) is 49.5 Å². The van der Waals surface area contributed by atoms with Crippen LogP contribution >= 0.6 is 0 Å². The summed E-state index contributed by atoms with van der Waals surface area (Å²) in [6.45, 7) is 3.17. The summed E-state index contributed by atoms with van der Waals surface area (Å²) >= 11 is 0. The lowest BCUT2D eigenvalue weighted by Gasteiger charge is -2.24. The smallest absolute Gasteiger partial charge is 0.187 e. The number of carbonyl (C=O) groups excluding carboxylic acids is 1. The van der Waals surface area contributed by atoms with Crippen molar-refractivity contribution in [2.45, 2.75) is 0 Å². The Morgan fingerprint density at radius 1 is 1.21 bits per heavy atom. The summed E-state index contributed by atoms with van der Waals surface area (Å²) in [5.41, 5.74) is 1.81. The van der Waals surface area contributed by atoms with E-state index >= 15 is 0 Å². The number of anilines is 1. The molecule has 1 saturated heterocycles. The van der Waals surface area contributed by atoms with Crippen LogP contribution < -0.4 is 4.90 Å².